The van der Waals surface area contributed by atoms with E-state index in [2.05, 4.69) is 60.1 Å². The first-order valence-electron chi connectivity index (χ1n) is 7.01. The number of hydrogen-bond acceptors (Lipinski definition) is 2. The van der Waals surface area contributed by atoms with E-state index < -0.39 is 0 Å². The summed E-state index contributed by atoms with van der Waals surface area (Å²) in [5.74, 6) is 0. The first-order valence-corrected chi connectivity index (χ1v) is 7.01. The van der Waals surface area contributed by atoms with Crippen molar-refractivity contribution in [3.8, 4) is 0 Å². The van der Waals surface area contributed by atoms with Gasteiger partial charge in [0.2, 0.25) is 0 Å². The molecule has 2 nitrogen and oxygen atoms in total. The molecule has 0 aliphatic rings. The molecular weight excluding hydrogens is 232 g/mol. The largest absolute Gasteiger partial charge is 0.295 e. The normalized spacial score (nSPS) is 10.9. The number of rotatable bonds is 6. The minimum atomic E-state index is 0.981. The summed E-state index contributed by atoms with van der Waals surface area (Å²) in [6.07, 6.45) is 4.83. The average Bonchev–Trinajstić information content (AvgIpc) is 2.48. The fourth-order valence-corrected chi connectivity index (χ4v) is 2.16. The fraction of sp³-hybridized carbons (Fsp3) is 0.353. The monoisotopic (exact) mass is 254 g/mol. The van der Waals surface area contributed by atoms with Crippen molar-refractivity contribution in [2.45, 2.75) is 33.4 Å². The molecule has 0 spiro atoms. The van der Waals surface area contributed by atoms with E-state index in [1.54, 1.807) is 0 Å². The number of nitrogens with zero attached hydrogens (tertiary/aromatic N) is 2. The van der Waals surface area contributed by atoms with E-state index in [0.29, 0.717) is 0 Å². The number of hydrogen-bond donors (Lipinski definition) is 0. The fourth-order valence-electron chi connectivity index (χ4n) is 2.16. The van der Waals surface area contributed by atoms with Crippen LogP contribution in [0.5, 0.6) is 0 Å². The van der Waals surface area contributed by atoms with Gasteiger partial charge in [-0.2, -0.15) is 0 Å². The van der Waals surface area contributed by atoms with Crippen LogP contribution < -0.4 is 0 Å². The molecule has 0 amide bonds. The van der Waals surface area contributed by atoms with E-state index >= 15 is 0 Å². The average molecular weight is 254 g/mol. The van der Waals surface area contributed by atoms with Crippen molar-refractivity contribution in [3.05, 3.63) is 65.5 Å². The third-order valence-corrected chi connectivity index (χ3v) is 3.44. The summed E-state index contributed by atoms with van der Waals surface area (Å²) >= 11 is 0. The third kappa shape index (κ3) is 4.18. The molecule has 0 N–H and O–H groups in total. The highest BCUT2D eigenvalue weighted by Gasteiger charge is 2.04. The highest BCUT2D eigenvalue weighted by Crippen LogP contribution is 2.11. The van der Waals surface area contributed by atoms with Crippen molar-refractivity contribution in [2.24, 2.45) is 0 Å². The topological polar surface area (TPSA) is 16.1 Å². The summed E-state index contributed by atoms with van der Waals surface area (Å²) in [6, 6.07) is 13.1. The molecule has 1 aromatic carbocycles. The lowest BCUT2D eigenvalue weighted by atomic mass is 10.1. The summed E-state index contributed by atoms with van der Waals surface area (Å²) in [5.41, 5.74) is 4.11. The zero-order valence-corrected chi connectivity index (χ0v) is 11.8. The predicted molar refractivity (Wildman–Crippen MR) is 79.8 cm³/mol. The lowest BCUT2D eigenvalue weighted by Gasteiger charge is -2.20. The van der Waals surface area contributed by atoms with Crippen LogP contribution in [-0.2, 0) is 19.5 Å². The Morgan fingerprint density at radius 2 is 1.32 bits per heavy atom. The summed E-state index contributed by atoms with van der Waals surface area (Å²) in [4.78, 5) is 6.50. The van der Waals surface area contributed by atoms with E-state index in [9.17, 15) is 0 Å². The zero-order chi connectivity index (χ0) is 13.5. The molecule has 100 valence electrons. The Morgan fingerprint density at radius 1 is 0.789 bits per heavy atom. The Balaban J connectivity index is 1.98. The Kier molecular flexibility index (Phi) is 5.10. The Bertz CT molecular complexity index is 476. The van der Waals surface area contributed by atoms with Crippen molar-refractivity contribution < 1.29 is 0 Å². The second-order valence-electron chi connectivity index (χ2n) is 4.83. The molecule has 0 bridgehead atoms. The molecule has 0 aliphatic carbocycles. The molecule has 1 aromatic heterocycles. The number of aryl methyl sites for hydroxylation is 1. The molecule has 2 aromatic rings. The van der Waals surface area contributed by atoms with E-state index in [1.807, 2.05) is 12.4 Å². The van der Waals surface area contributed by atoms with Crippen LogP contribution in [0.15, 0.2) is 48.8 Å². The van der Waals surface area contributed by atoms with Crippen LogP contribution in [0, 0.1) is 0 Å². The predicted octanol–water partition coefficient (Wildman–Crippen LogP) is 3.67. The van der Waals surface area contributed by atoms with E-state index in [0.717, 1.165) is 26.1 Å². The van der Waals surface area contributed by atoms with Crippen LogP contribution in [-0.4, -0.2) is 16.4 Å². The van der Waals surface area contributed by atoms with Crippen LogP contribution in [0.2, 0.25) is 0 Å². The van der Waals surface area contributed by atoms with Crippen LogP contribution in [0.25, 0.3) is 0 Å². The molecule has 0 fully saturated rings. The molecule has 2 heteroatoms. The lowest BCUT2D eigenvalue weighted by molar-refractivity contribution is 0.271. The van der Waals surface area contributed by atoms with Crippen molar-refractivity contribution in [3.63, 3.8) is 0 Å². The van der Waals surface area contributed by atoms with Gasteiger partial charge in [-0.15, -0.1) is 0 Å². The van der Waals surface area contributed by atoms with E-state index in [-0.39, 0.29) is 0 Å². The molecule has 19 heavy (non-hydrogen) atoms. The maximum absolute atomic E-state index is 4.06. The van der Waals surface area contributed by atoms with Crippen LogP contribution in [0.4, 0.5) is 0 Å². The lowest BCUT2D eigenvalue weighted by Crippen LogP contribution is -2.22. The van der Waals surface area contributed by atoms with Gasteiger partial charge in [-0.3, -0.25) is 9.88 Å². The van der Waals surface area contributed by atoms with Crippen molar-refractivity contribution >= 4 is 0 Å². The highest BCUT2D eigenvalue weighted by molar-refractivity contribution is 5.22. The highest BCUT2D eigenvalue weighted by atomic mass is 15.1. The van der Waals surface area contributed by atoms with E-state index in [4.69, 9.17) is 0 Å². The summed E-state index contributed by atoms with van der Waals surface area (Å²) in [5, 5.41) is 0. The standard InChI is InChI=1S/C17H22N2/c1-3-15-5-7-16(8-6-15)13-19(4-2)14-17-9-11-18-12-10-17/h5-12H,3-4,13-14H2,1-2H3. The quantitative estimate of drug-likeness (QED) is 0.782. The van der Waals surface area contributed by atoms with Crippen LogP contribution in [0.3, 0.4) is 0 Å². The number of pyridine rings is 1. The number of aromatic nitrogens is 1. The molecule has 0 radical (unpaired) electrons. The molecule has 0 saturated heterocycles. The van der Waals surface area contributed by atoms with Crippen molar-refractivity contribution in [2.75, 3.05) is 6.54 Å². The van der Waals surface area contributed by atoms with Gasteiger partial charge in [-0.05, 0) is 41.8 Å². The minimum Gasteiger partial charge on any atom is -0.295 e. The smallest absolute Gasteiger partial charge is 0.0271 e. The van der Waals surface area contributed by atoms with Crippen molar-refractivity contribution in [1.82, 2.24) is 9.88 Å². The maximum Gasteiger partial charge on any atom is 0.0271 e. The SMILES string of the molecule is CCc1ccc(CN(CC)Cc2ccncc2)cc1. The van der Waals surface area contributed by atoms with Crippen LogP contribution >= 0.6 is 0 Å². The zero-order valence-electron chi connectivity index (χ0n) is 11.8. The Hall–Kier alpha value is -1.67. The summed E-state index contributed by atoms with van der Waals surface area (Å²) < 4.78 is 0. The second kappa shape index (κ2) is 7.05. The Morgan fingerprint density at radius 3 is 1.84 bits per heavy atom. The van der Waals surface area contributed by atoms with E-state index in [1.165, 1.54) is 16.7 Å². The molecule has 0 saturated carbocycles. The maximum atomic E-state index is 4.06. The molecule has 0 unspecified atom stereocenters. The van der Waals surface area contributed by atoms with Crippen LogP contribution in [0.1, 0.15) is 30.5 Å². The molecular formula is C17H22N2. The Labute approximate surface area is 116 Å². The first kappa shape index (κ1) is 13.8. The van der Waals surface area contributed by atoms with Gasteiger partial charge in [0.1, 0.15) is 0 Å². The van der Waals surface area contributed by atoms with Gasteiger partial charge in [0.15, 0.2) is 0 Å². The molecule has 2 rings (SSSR count). The van der Waals surface area contributed by atoms with Gasteiger partial charge >= 0.3 is 0 Å². The summed E-state index contributed by atoms with van der Waals surface area (Å²) in [6.45, 7) is 7.44. The first-order chi connectivity index (χ1) is 9.31. The second-order valence-corrected chi connectivity index (χ2v) is 4.83. The van der Waals surface area contributed by atoms with Gasteiger partial charge in [-0.1, -0.05) is 38.1 Å². The van der Waals surface area contributed by atoms with Gasteiger partial charge in [0.05, 0.1) is 0 Å². The minimum absolute atomic E-state index is 0.981. The third-order valence-electron chi connectivity index (χ3n) is 3.44. The van der Waals surface area contributed by atoms with Gasteiger partial charge < -0.3 is 0 Å². The van der Waals surface area contributed by atoms with Gasteiger partial charge in [-0.25, -0.2) is 0 Å². The van der Waals surface area contributed by atoms with Gasteiger partial charge in [0.25, 0.3) is 0 Å². The van der Waals surface area contributed by atoms with Crippen molar-refractivity contribution in [1.29, 1.82) is 0 Å². The number of benzene rings is 1. The van der Waals surface area contributed by atoms with Gasteiger partial charge in [0, 0.05) is 25.5 Å². The summed E-state index contributed by atoms with van der Waals surface area (Å²) in [7, 11) is 0. The molecule has 1 heterocycles. The molecule has 0 aliphatic heterocycles. The molecule has 0 atom stereocenters.